The topological polar surface area (TPSA) is 73.0 Å². The third kappa shape index (κ3) is 4.46. The van der Waals surface area contributed by atoms with Crippen molar-refractivity contribution in [2.24, 2.45) is 5.92 Å². The summed E-state index contributed by atoms with van der Waals surface area (Å²) in [5, 5.41) is 14.1. The summed E-state index contributed by atoms with van der Waals surface area (Å²) in [7, 11) is 0. The van der Waals surface area contributed by atoms with E-state index in [2.05, 4.69) is 22.4 Å². The van der Waals surface area contributed by atoms with Crippen molar-refractivity contribution < 1.29 is 9.21 Å². The minimum absolute atomic E-state index is 0.0549. The predicted octanol–water partition coefficient (Wildman–Crippen LogP) is 5.15. The van der Waals surface area contributed by atoms with E-state index in [9.17, 15) is 4.79 Å². The molecule has 1 saturated carbocycles. The molecular formula is C21H25ClN4O2S. The van der Waals surface area contributed by atoms with Crippen molar-refractivity contribution in [2.75, 3.05) is 5.75 Å². The number of amides is 1. The summed E-state index contributed by atoms with van der Waals surface area (Å²) in [6.45, 7) is 4.93. The maximum absolute atomic E-state index is 12.4. The fraction of sp³-hybridized carbons (Fsp3) is 0.476. The van der Waals surface area contributed by atoms with Gasteiger partial charge < -0.3 is 9.73 Å². The molecule has 4 rings (SSSR count). The van der Waals surface area contributed by atoms with E-state index < -0.39 is 0 Å². The lowest BCUT2D eigenvalue weighted by atomic mass is 9.86. The molecule has 1 aliphatic carbocycles. The normalized spacial score (nSPS) is 19.6. The fourth-order valence-corrected chi connectivity index (χ4v) is 4.89. The third-order valence-corrected chi connectivity index (χ3v) is 6.72. The van der Waals surface area contributed by atoms with Crippen molar-refractivity contribution in [1.82, 2.24) is 20.1 Å². The zero-order valence-electron chi connectivity index (χ0n) is 16.7. The number of furan rings is 1. The Balaban J connectivity index is 1.46. The van der Waals surface area contributed by atoms with E-state index in [-0.39, 0.29) is 5.91 Å². The molecule has 0 aliphatic heterocycles. The second-order valence-electron chi connectivity index (χ2n) is 7.57. The Hall–Kier alpha value is -1.99. The molecule has 0 spiro atoms. The quantitative estimate of drug-likeness (QED) is 0.545. The van der Waals surface area contributed by atoms with Crippen LogP contribution < -0.4 is 5.32 Å². The van der Waals surface area contributed by atoms with E-state index in [0.29, 0.717) is 46.0 Å². The molecule has 0 bridgehead atoms. The monoisotopic (exact) mass is 432 g/mol. The number of carbonyl (C=O) groups excluding carboxylic acids is 1. The number of aromatic nitrogens is 3. The lowest BCUT2D eigenvalue weighted by Crippen LogP contribution is -2.41. The van der Waals surface area contributed by atoms with Crippen LogP contribution in [0.25, 0.3) is 22.6 Å². The van der Waals surface area contributed by atoms with Crippen molar-refractivity contribution in [3.63, 3.8) is 0 Å². The van der Waals surface area contributed by atoms with Crippen LogP contribution in [0.3, 0.4) is 0 Å². The lowest BCUT2D eigenvalue weighted by Gasteiger charge is -2.29. The van der Waals surface area contributed by atoms with Gasteiger partial charge in [0, 0.05) is 23.0 Å². The van der Waals surface area contributed by atoms with Crippen LogP contribution in [-0.2, 0) is 11.3 Å². The van der Waals surface area contributed by atoms with Gasteiger partial charge in [-0.25, -0.2) is 0 Å². The molecule has 0 unspecified atom stereocenters. The van der Waals surface area contributed by atoms with E-state index >= 15 is 0 Å². The molecule has 154 valence electrons. The summed E-state index contributed by atoms with van der Waals surface area (Å²) >= 11 is 7.48. The van der Waals surface area contributed by atoms with Crippen LogP contribution in [0.2, 0.25) is 5.02 Å². The molecule has 0 saturated heterocycles. The third-order valence-electron chi connectivity index (χ3n) is 5.52. The number of nitrogens with zero attached hydrogens (tertiary/aromatic N) is 3. The van der Waals surface area contributed by atoms with Crippen LogP contribution in [0.15, 0.2) is 33.8 Å². The Morgan fingerprint density at radius 3 is 2.93 bits per heavy atom. The highest BCUT2D eigenvalue weighted by molar-refractivity contribution is 7.99. The number of benzene rings is 1. The number of halogens is 1. The maximum atomic E-state index is 12.4. The van der Waals surface area contributed by atoms with E-state index in [4.69, 9.17) is 16.0 Å². The molecule has 8 heteroatoms. The SMILES string of the molecule is CCn1c(SCC(=O)N[C@@H]2CCCC[C@@H]2C)nnc1-c1cc2cc(Cl)ccc2o1. The van der Waals surface area contributed by atoms with Crippen LogP contribution in [0.4, 0.5) is 0 Å². The van der Waals surface area contributed by atoms with Crippen molar-refractivity contribution >= 4 is 40.2 Å². The highest BCUT2D eigenvalue weighted by atomic mass is 35.5. The Bertz CT molecular complexity index is 1020. The summed E-state index contributed by atoms with van der Waals surface area (Å²) in [5.74, 6) is 2.23. The maximum Gasteiger partial charge on any atom is 0.230 e. The van der Waals surface area contributed by atoms with Gasteiger partial charge in [0.25, 0.3) is 0 Å². The van der Waals surface area contributed by atoms with Gasteiger partial charge in [0.1, 0.15) is 5.58 Å². The predicted molar refractivity (Wildman–Crippen MR) is 116 cm³/mol. The van der Waals surface area contributed by atoms with Gasteiger partial charge in [-0.2, -0.15) is 0 Å². The highest BCUT2D eigenvalue weighted by Gasteiger charge is 2.23. The number of rotatable bonds is 6. The number of nitrogens with one attached hydrogen (secondary N) is 1. The zero-order chi connectivity index (χ0) is 20.4. The summed E-state index contributed by atoms with van der Waals surface area (Å²) in [5.41, 5.74) is 0.755. The minimum Gasteiger partial charge on any atom is -0.453 e. The molecular weight excluding hydrogens is 408 g/mol. The van der Waals surface area contributed by atoms with Crippen LogP contribution in [-0.4, -0.2) is 32.5 Å². The van der Waals surface area contributed by atoms with Crippen LogP contribution >= 0.6 is 23.4 Å². The largest absolute Gasteiger partial charge is 0.453 e. The standard InChI is InChI=1S/C21H25ClN4O2S/c1-3-26-20(18-11-14-10-15(22)8-9-17(14)28-18)24-25-21(26)29-12-19(27)23-16-7-5-4-6-13(16)2/h8-11,13,16H,3-7,12H2,1-2H3,(H,23,27)/t13-,16+/m0/s1. The van der Waals surface area contributed by atoms with Crippen molar-refractivity contribution in [2.45, 2.75) is 57.3 Å². The average Bonchev–Trinajstić information content (AvgIpc) is 3.31. The van der Waals surface area contributed by atoms with E-state index in [1.54, 1.807) is 6.07 Å². The Morgan fingerprint density at radius 2 is 2.14 bits per heavy atom. The van der Waals surface area contributed by atoms with Gasteiger partial charge in [0.15, 0.2) is 10.9 Å². The van der Waals surface area contributed by atoms with Crippen molar-refractivity contribution in [3.8, 4) is 11.6 Å². The molecule has 0 radical (unpaired) electrons. The number of fused-ring (bicyclic) bond motifs is 1. The highest BCUT2D eigenvalue weighted by Crippen LogP contribution is 2.31. The number of hydrogen-bond donors (Lipinski definition) is 1. The van der Waals surface area contributed by atoms with Crippen LogP contribution in [0, 0.1) is 5.92 Å². The smallest absolute Gasteiger partial charge is 0.230 e. The molecule has 1 N–H and O–H groups in total. The zero-order valence-corrected chi connectivity index (χ0v) is 18.2. The van der Waals surface area contributed by atoms with Crippen molar-refractivity contribution in [3.05, 3.63) is 29.3 Å². The van der Waals surface area contributed by atoms with Gasteiger partial charge in [-0.05, 0) is 49.9 Å². The molecule has 2 atom stereocenters. The lowest BCUT2D eigenvalue weighted by molar-refractivity contribution is -0.119. The first-order valence-electron chi connectivity index (χ1n) is 10.1. The number of carbonyl (C=O) groups is 1. The summed E-state index contributed by atoms with van der Waals surface area (Å²) in [6.07, 6.45) is 4.72. The summed E-state index contributed by atoms with van der Waals surface area (Å²) in [4.78, 5) is 12.4. The van der Waals surface area contributed by atoms with Gasteiger partial charge in [0.05, 0.1) is 5.75 Å². The molecule has 2 aromatic heterocycles. The first kappa shape index (κ1) is 20.3. The average molecular weight is 433 g/mol. The summed E-state index contributed by atoms with van der Waals surface area (Å²) < 4.78 is 7.91. The van der Waals surface area contributed by atoms with Crippen molar-refractivity contribution in [1.29, 1.82) is 0 Å². The molecule has 1 aromatic carbocycles. The molecule has 1 aliphatic rings. The molecule has 3 aromatic rings. The van der Waals surface area contributed by atoms with Gasteiger partial charge >= 0.3 is 0 Å². The van der Waals surface area contributed by atoms with Crippen LogP contribution in [0.5, 0.6) is 0 Å². The second-order valence-corrected chi connectivity index (χ2v) is 8.95. The molecule has 1 amide bonds. The van der Waals surface area contributed by atoms with E-state index in [0.717, 1.165) is 17.4 Å². The van der Waals surface area contributed by atoms with Gasteiger partial charge in [0.2, 0.25) is 11.7 Å². The first-order valence-corrected chi connectivity index (χ1v) is 11.5. The van der Waals surface area contributed by atoms with Gasteiger partial charge in [-0.1, -0.05) is 43.1 Å². The van der Waals surface area contributed by atoms with Gasteiger partial charge in [-0.15, -0.1) is 10.2 Å². The number of thioether (sulfide) groups is 1. The van der Waals surface area contributed by atoms with Gasteiger partial charge in [-0.3, -0.25) is 9.36 Å². The molecule has 6 nitrogen and oxygen atoms in total. The fourth-order valence-electron chi connectivity index (χ4n) is 3.90. The Morgan fingerprint density at radius 1 is 1.31 bits per heavy atom. The molecule has 1 fully saturated rings. The minimum atomic E-state index is 0.0549. The summed E-state index contributed by atoms with van der Waals surface area (Å²) in [6, 6.07) is 7.72. The second kappa shape index (κ2) is 8.79. The molecule has 2 heterocycles. The Labute approximate surface area is 179 Å². The number of hydrogen-bond acceptors (Lipinski definition) is 5. The van der Waals surface area contributed by atoms with E-state index in [1.807, 2.05) is 29.7 Å². The van der Waals surface area contributed by atoms with Crippen LogP contribution in [0.1, 0.15) is 39.5 Å². The molecule has 29 heavy (non-hydrogen) atoms. The Kier molecular flexibility index (Phi) is 6.15. The van der Waals surface area contributed by atoms with E-state index in [1.165, 1.54) is 31.0 Å². The first-order chi connectivity index (χ1) is 14.0.